The molecule has 1 aliphatic carbocycles. The van der Waals surface area contributed by atoms with Gasteiger partial charge in [0.1, 0.15) is 0 Å². The second kappa shape index (κ2) is 10.4. The van der Waals surface area contributed by atoms with E-state index in [0.29, 0.717) is 0 Å². The van der Waals surface area contributed by atoms with E-state index in [2.05, 4.69) is 43.5 Å². The summed E-state index contributed by atoms with van der Waals surface area (Å²) in [6.45, 7) is 9.12. The molecule has 0 atom stereocenters. The van der Waals surface area contributed by atoms with E-state index >= 15 is 0 Å². The van der Waals surface area contributed by atoms with E-state index in [9.17, 15) is 0 Å². The van der Waals surface area contributed by atoms with Gasteiger partial charge in [-0.25, -0.2) is 0 Å². The first-order valence-corrected chi connectivity index (χ1v) is 9.22. The van der Waals surface area contributed by atoms with Crippen LogP contribution in [-0.4, -0.2) is 6.61 Å². The zero-order valence-electron chi connectivity index (χ0n) is 14.5. The zero-order chi connectivity index (χ0) is 16.3. The van der Waals surface area contributed by atoms with Gasteiger partial charge in [0.2, 0.25) is 0 Å². The molecule has 0 N–H and O–H groups in total. The van der Waals surface area contributed by atoms with Crippen molar-refractivity contribution in [3.63, 3.8) is 0 Å². The molecule has 1 aromatic carbocycles. The number of ether oxygens (including phenoxy) is 1. The zero-order valence-corrected chi connectivity index (χ0v) is 14.5. The third-order valence-corrected chi connectivity index (χ3v) is 5.04. The fourth-order valence-corrected chi connectivity index (χ4v) is 3.54. The summed E-state index contributed by atoms with van der Waals surface area (Å²) in [5.74, 6) is 1.69. The molecule has 1 aromatic rings. The average Bonchev–Trinajstić information content (AvgIpc) is 2.61. The highest BCUT2D eigenvalue weighted by Crippen LogP contribution is 2.37. The number of hydrogen-bond donors (Lipinski definition) is 0. The van der Waals surface area contributed by atoms with Crippen molar-refractivity contribution in [1.29, 1.82) is 0 Å². The maximum Gasteiger partial charge on any atom is 0.0716 e. The summed E-state index contributed by atoms with van der Waals surface area (Å²) >= 11 is 0. The quantitative estimate of drug-likeness (QED) is 0.358. The molecule has 0 bridgehead atoms. The second-order valence-corrected chi connectivity index (χ2v) is 6.81. The minimum atomic E-state index is 0.728. The summed E-state index contributed by atoms with van der Waals surface area (Å²) in [7, 11) is 0. The Balaban J connectivity index is 1.72. The Kier molecular flexibility index (Phi) is 8.17. The molecule has 0 aromatic heterocycles. The van der Waals surface area contributed by atoms with Crippen molar-refractivity contribution in [2.75, 3.05) is 6.61 Å². The van der Waals surface area contributed by atoms with Gasteiger partial charge in [0.05, 0.1) is 6.61 Å². The number of benzene rings is 1. The molecule has 0 radical (unpaired) electrons. The van der Waals surface area contributed by atoms with Crippen molar-refractivity contribution in [3.05, 3.63) is 60.7 Å². The number of rotatable bonds is 10. The predicted molar refractivity (Wildman–Crippen MR) is 99.7 cm³/mol. The van der Waals surface area contributed by atoms with Crippen molar-refractivity contribution in [3.8, 4) is 0 Å². The van der Waals surface area contributed by atoms with Gasteiger partial charge in [-0.3, -0.25) is 0 Å². The largest absolute Gasteiger partial charge is 0.377 e. The van der Waals surface area contributed by atoms with E-state index in [-0.39, 0.29) is 0 Å². The molecule has 1 heteroatoms. The summed E-state index contributed by atoms with van der Waals surface area (Å²) in [5.41, 5.74) is 2.80. The molecule has 1 aliphatic rings. The monoisotopic (exact) mass is 312 g/mol. The van der Waals surface area contributed by atoms with Crippen LogP contribution in [0.1, 0.15) is 68.4 Å². The van der Waals surface area contributed by atoms with Crippen LogP contribution in [0.2, 0.25) is 0 Å². The highest BCUT2D eigenvalue weighted by Gasteiger charge is 2.21. The lowest BCUT2D eigenvalue weighted by molar-refractivity contribution is 0.119. The fraction of sp³-hybridized carbons (Fsp3) is 0.545. The Morgan fingerprint density at radius 2 is 1.65 bits per heavy atom. The van der Waals surface area contributed by atoms with Crippen molar-refractivity contribution in [1.82, 2.24) is 0 Å². The van der Waals surface area contributed by atoms with Crippen LogP contribution in [0, 0.1) is 5.92 Å². The summed E-state index contributed by atoms with van der Waals surface area (Å²) in [6.07, 6.45) is 14.1. The van der Waals surface area contributed by atoms with Gasteiger partial charge in [-0.1, -0.05) is 36.4 Å². The summed E-state index contributed by atoms with van der Waals surface area (Å²) in [6, 6.07) is 9.12. The highest BCUT2D eigenvalue weighted by molar-refractivity contribution is 5.25. The van der Waals surface area contributed by atoms with Crippen molar-refractivity contribution in [2.24, 2.45) is 5.92 Å². The normalized spacial score (nSPS) is 21.0. The Bertz CT molecular complexity index is 451. The number of allylic oxidation sites excluding steroid dienone is 2. The van der Waals surface area contributed by atoms with Gasteiger partial charge in [0.25, 0.3) is 0 Å². The lowest BCUT2D eigenvalue weighted by Gasteiger charge is -2.28. The molecule has 1 nitrogen and oxygen atoms in total. The van der Waals surface area contributed by atoms with E-state index < -0.39 is 0 Å². The summed E-state index contributed by atoms with van der Waals surface area (Å²) in [4.78, 5) is 0. The Hall–Kier alpha value is -1.34. The van der Waals surface area contributed by atoms with Crippen LogP contribution < -0.4 is 0 Å². The molecule has 0 unspecified atom stereocenters. The first-order chi connectivity index (χ1) is 11.3. The van der Waals surface area contributed by atoms with Gasteiger partial charge in [-0.2, -0.15) is 0 Å². The lowest BCUT2D eigenvalue weighted by Crippen LogP contribution is -2.13. The Labute approximate surface area is 142 Å². The minimum absolute atomic E-state index is 0.728. The Morgan fingerprint density at radius 1 is 0.957 bits per heavy atom. The maximum absolute atomic E-state index is 5.70. The molecule has 0 spiro atoms. The molecular formula is C22H32O. The summed E-state index contributed by atoms with van der Waals surface area (Å²) in [5, 5.41) is 0. The molecule has 0 aliphatic heterocycles. The van der Waals surface area contributed by atoms with Crippen LogP contribution in [0.25, 0.3) is 0 Å². The van der Waals surface area contributed by atoms with Crippen LogP contribution >= 0.6 is 0 Å². The number of unbranched alkanes of at least 4 members (excludes halogenated alkanes) is 1. The van der Waals surface area contributed by atoms with Crippen LogP contribution in [-0.2, 0) is 11.3 Å². The van der Waals surface area contributed by atoms with E-state index in [1.165, 1.54) is 49.7 Å². The van der Waals surface area contributed by atoms with E-state index in [1.54, 1.807) is 0 Å². The number of hydrogen-bond acceptors (Lipinski definition) is 1. The van der Waals surface area contributed by atoms with Crippen LogP contribution in [0.3, 0.4) is 0 Å². The third-order valence-electron chi connectivity index (χ3n) is 5.04. The third kappa shape index (κ3) is 6.35. The smallest absolute Gasteiger partial charge is 0.0716 e. The molecule has 0 heterocycles. The highest BCUT2D eigenvalue weighted by atomic mass is 16.5. The van der Waals surface area contributed by atoms with E-state index in [4.69, 9.17) is 4.74 Å². The van der Waals surface area contributed by atoms with Crippen molar-refractivity contribution in [2.45, 2.75) is 63.9 Å². The Morgan fingerprint density at radius 3 is 2.30 bits per heavy atom. The SMILES string of the molecule is C=CCCCOCc1ccc(C2CCC(CCC=C)CC2)cc1. The summed E-state index contributed by atoms with van der Waals surface area (Å²) < 4.78 is 5.70. The lowest BCUT2D eigenvalue weighted by atomic mass is 9.77. The molecule has 0 saturated heterocycles. The van der Waals surface area contributed by atoms with Gasteiger partial charge >= 0.3 is 0 Å². The fourth-order valence-electron chi connectivity index (χ4n) is 3.54. The molecular weight excluding hydrogens is 280 g/mol. The van der Waals surface area contributed by atoms with E-state index in [1.807, 2.05) is 6.08 Å². The minimum Gasteiger partial charge on any atom is -0.377 e. The molecule has 0 amide bonds. The van der Waals surface area contributed by atoms with Gasteiger partial charge in [-0.15, -0.1) is 13.2 Å². The van der Waals surface area contributed by atoms with Gasteiger partial charge in [0, 0.05) is 6.61 Å². The van der Waals surface area contributed by atoms with Crippen LogP contribution in [0.5, 0.6) is 0 Å². The first kappa shape index (κ1) is 18.0. The second-order valence-electron chi connectivity index (χ2n) is 6.81. The van der Waals surface area contributed by atoms with Crippen LogP contribution in [0.15, 0.2) is 49.6 Å². The molecule has 1 saturated carbocycles. The molecule has 1 fully saturated rings. The van der Waals surface area contributed by atoms with Crippen molar-refractivity contribution < 1.29 is 4.74 Å². The average molecular weight is 312 g/mol. The maximum atomic E-state index is 5.70. The van der Waals surface area contributed by atoms with Gasteiger partial charge in [-0.05, 0) is 74.3 Å². The predicted octanol–water partition coefficient (Wildman–Crippen LogP) is 6.41. The standard InChI is InChI=1S/C22H32O/c1-3-5-7-17-23-18-20-11-15-22(16-12-20)21-13-9-19(10-14-21)8-6-4-2/h3-4,11-12,15-16,19,21H,1-2,5-10,13-14,17-18H2. The molecule has 126 valence electrons. The van der Waals surface area contributed by atoms with Crippen LogP contribution in [0.4, 0.5) is 0 Å². The van der Waals surface area contributed by atoms with Gasteiger partial charge < -0.3 is 4.74 Å². The van der Waals surface area contributed by atoms with Crippen molar-refractivity contribution >= 4 is 0 Å². The first-order valence-electron chi connectivity index (χ1n) is 9.22. The van der Waals surface area contributed by atoms with Gasteiger partial charge in [0.15, 0.2) is 0 Å². The molecule has 2 rings (SSSR count). The topological polar surface area (TPSA) is 9.23 Å². The molecule has 23 heavy (non-hydrogen) atoms. The van der Waals surface area contributed by atoms with E-state index in [0.717, 1.165) is 37.9 Å².